The highest BCUT2D eigenvalue weighted by molar-refractivity contribution is 5.93. The van der Waals surface area contributed by atoms with E-state index in [9.17, 15) is 4.79 Å². The van der Waals surface area contributed by atoms with E-state index in [1.54, 1.807) is 11.8 Å². The Labute approximate surface area is 138 Å². The third-order valence-electron chi connectivity index (χ3n) is 4.27. The van der Waals surface area contributed by atoms with Gasteiger partial charge in [-0.05, 0) is 13.8 Å². The van der Waals surface area contributed by atoms with Crippen LogP contribution in [0, 0.1) is 6.92 Å². The normalized spacial score (nSPS) is 16.9. The Morgan fingerprint density at radius 1 is 1.21 bits per heavy atom. The molecule has 0 radical (unpaired) electrons. The molecule has 0 spiro atoms. The van der Waals surface area contributed by atoms with Gasteiger partial charge in [-0.1, -0.05) is 30.3 Å². The molecule has 0 saturated carbocycles. The fourth-order valence-electron chi connectivity index (χ4n) is 3.11. The van der Waals surface area contributed by atoms with Crippen molar-refractivity contribution in [3.05, 3.63) is 47.5 Å². The summed E-state index contributed by atoms with van der Waals surface area (Å²) in [6, 6.07) is 10.0. The van der Waals surface area contributed by atoms with Gasteiger partial charge in [0.2, 0.25) is 0 Å². The maximum Gasteiger partial charge on any atom is 0.276 e. The number of amides is 1. The number of carbonyl (C=O) groups excluding carboxylic acids is 1. The van der Waals surface area contributed by atoms with Crippen molar-refractivity contribution in [3.8, 4) is 11.4 Å². The summed E-state index contributed by atoms with van der Waals surface area (Å²) < 4.78 is 2.11. The molecule has 0 saturated heterocycles. The monoisotopic (exact) mass is 323 g/mol. The average Bonchev–Trinajstić information content (AvgIpc) is 3.21. The first-order valence-electron chi connectivity index (χ1n) is 7.81. The van der Waals surface area contributed by atoms with Crippen LogP contribution in [-0.4, -0.2) is 47.5 Å². The summed E-state index contributed by atoms with van der Waals surface area (Å²) in [5.41, 5.74) is 1.98. The zero-order valence-corrected chi connectivity index (χ0v) is 13.5. The van der Waals surface area contributed by atoms with Crippen LogP contribution in [0.2, 0.25) is 0 Å². The molecule has 0 aliphatic carbocycles. The first-order chi connectivity index (χ1) is 11.6. The number of benzene rings is 1. The van der Waals surface area contributed by atoms with Gasteiger partial charge in [-0.2, -0.15) is 15.4 Å². The Hall–Kier alpha value is -3.03. The van der Waals surface area contributed by atoms with Crippen molar-refractivity contribution in [1.29, 1.82) is 0 Å². The zero-order chi connectivity index (χ0) is 16.7. The molecule has 0 unspecified atom stereocenters. The first-order valence-corrected chi connectivity index (χ1v) is 7.81. The Morgan fingerprint density at radius 2 is 2.00 bits per heavy atom. The van der Waals surface area contributed by atoms with Crippen LogP contribution >= 0.6 is 0 Å². The molecule has 24 heavy (non-hydrogen) atoms. The van der Waals surface area contributed by atoms with Crippen molar-refractivity contribution < 1.29 is 4.79 Å². The molecular formula is C16H17N7O. The number of fused-ring (bicyclic) bond motifs is 1. The van der Waals surface area contributed by atoms with Gasteiger partial charge in [-0.3, -0.25) is 4.79 Å². The van der Waals surface area contributed by atoms with E-state index < -0.39 is 0 Å². The van der Waals surface area contributed by atoms with E-state index in [0.29, 0.717) is 24.5 Å². The van der Waals surface area contributed by atoms with E-state index >= 15 is 0 Å². The fourth-order valence-corrected chi connectivity index (χ4v) is 3.11. The van der Waals surface area contributed by atoms with Crippen molar-refractivity contribution in [1.82, 2.24) is 35.1 Å². The van der Waals surface area contributed by atoms with Crippen LogP contribution in [0.4, 0.5) is 0 Å². The summed E-state index contributed by atoms with van der Waals surface area (Å²) in [5.74, 6) is 1.48. The second-order valence-electron chi connectivity index (χ2n) is 5.97. The lowest BCUT2D eigenvalue weighted by Crippen LogP contribution is -2.41. The van der Waals surface area contributed by atoms with Crippen LogP contribution in [0.5, 0.6) is 0 Å². The lowest BCUT2D eigenvalue weighted by Gasteiger charge is -2.32. The van der Waals surface area contributed by atoms with Crippen LogP contribution in [0.1, 0.15) is 35.0 Å². The van der Waals surface area contributed by atoms with Gasteiger partial charge in [-0.25, -0.2) is 0 Å². The minimum Gasteiger partial charge on any atom is -0.328 e. The first kappa shape index (κ1) is 14.6. The number of carbonyl (C=O) groups is 1. The van der Waals surface area contributed by atoms with Gasteiger partial charge in [-0.15, -0.1) is 10.2 Å². The number of hydrogen-bond donors (Lipinski definition) is 1. The van der Waals surface area contributed by atoms with Crippen molar-refractivity contribution in [2.75, 3.05) is 6.54 Å². The topological polar surface area (TPSA) is 92.6 Å². The zero-order valence-electron chi connectivity index (χ0n) is 13.5. The molecule has 122 valence electrons. The molecule has 1 N–H and O–H groups in total. The standard InChI is InChI=1S/C16H17N7O/c1-10-8-22(16(24)14-11(2)17-21-19-14)9-13-18-20-15(23(10)13)12-6-4-3-5-7-12/h3-7,10H,8-9H2,1-2H3,(H,17,19,21)/t10-/m0/s1. The lowest BCUT2D eigenvalue weighted by molar-refractivity contribution is 0.0675. The van der Waals surface area contributed by atoms with E-state index in [1.807, 2.05) is 30.3 Å². The molecule has 2 aromatic heterocycles. The van der Waals surface area contributed by atoms with E-state index in [-0.39, 0.29) is 11.9 Å². The quantitative estimate of drug-likeness (QED) is 0.773. The Morgan fingerprint density at radius 3 is 2.71 bits per heavy atom. The summed E-state index contributed by atoms with van der Waals surface area (Å²) in [7, 11) is 0. The Kier molecular flexibility index (Phi) is 3.37. The van der Waals surface area contributed by atoms with Crippen molar-refractivity contribution >= 4 is 5.91 Å². The Balaban J connectivity index is 1.66. The Bertz CT molecular complexity index is 883. The number of nitrogens with one attached hydrogen (secondary N) is 1. The molecule has 8 heteroatoms. The van der Waals surface area contributed by atoms with E-state index in [2.05, 4.69) is 37.1 Å². The molecule has 3 heterocycles. The number of aryl methyl sites for hydroxylation is 1. The number of rotatable bonds is 2. The molecule has 1 aliphatic rings. The summed E-state index contributed by atoms with van der Waals surface area (Å²) in [5, 5.41) is 19.0. The van der Waals surface area contributed by atoms with Gasteiger partial charge >= 0.3 is 0 Å². The summed E-state index contributed by atoms with van der Waals surface area (Å²) in [6.07, 6.45) is 0. The molecule has 4 rings (SSSR count). The highest BCUT2D eigenvalue weighted by Gasteiger charge is 2.31. The molecule has 0 fully saturated rings. The third-order valence-corrected chi connectivity index (χ3v) is 4.27. The minimum atomic E-state index is -0.136. The SMILES string of the molecule is Cc1n[nH]nc1C(=O)N1Cc2nnc(-c3ccccc3)n2[C@@H](C)C1. The summed E-state index contributed by atoms with van der Waals surface area (Å²) in [6.45, 7) is 4.82. The summed E-state index contributed by atoms with van der Waals surface area (Å²) >= 11 is 0. The number of aromatic amines is 1. The predicted molar refractivity (Wildman–Crippen MR) is 86.0 cm³/mol. The lowest BCUT2D eigenvalue weighted by atomic mass is 10.1. The van der Waals surface area contributed by atoms with Gasteiger partial charge < -0.3 is 9.47 Å². The fraction of sp³-hybridized carbons (Fsp3) is 0.312. The van der Waals surface area contributed by atoms with Gasteiger partial charge in [0.15, 0.2) is 17.3 Å². The van der Waals surface area contributed by atoms with Gasteiger partial charge in [0.05, 0.1) is 18.3 Å². The van der Waals surface area contributed by atoms with Crippen LogP contribution in [0.15, 0.2) is 30.3 Å². The van der Waals surface area contributed by atoms with Gasteiger partial charge in [0.1, 0.15) is 0 Å². The van der Waals surface area contributed by atoms with Crippen LogP contribution in [0.3, 0.4) is 0 Å². The van der Waals surface area contributed by atoms with Crippen molar-refractivity contribution in [3.63, 3.8) is 0 Å². The van der Waals surface area contributed by atoms with Crippen LogP contribution in [-0.2, 0) is 6.54 Å². The third kappa shape index (κ3) is 2.27. The maximum absolute atomic E-state index is 12.7. The molecule has 1 aromatic carbocycles. The van der Waals surface area contributed by atoms with E-state index in [0.717, 1.165) is 17.2 Å². The number of hydrogen-bond acceptors (Lipinski definition) is 5. The highest BCUT2D eigenvalue weighted by atomic mass is 16.2. The number of H-pyrrole nitrogens is 1. The van der Waals surface area contributed by atoms with Crippen molar-refractivity contribution in [2.45, 2.75) is 26.4 Å². The molecule has 0 bridgehead atoms. The van der Waals surface area contributed by atoms with Crippen molar-refractivity contribution in [2.24, 2.45) is 0 Å². The molecule has 1 aliphatic heterocycles. The predicted octanol–water partition coefficient (Wildman–Crippen LogP) is 1.59. The van der Waals surface area contributed by atoms with Gasteiger partial charge in [0.25, 0.3) is 5.91 Å². The summed E-state index contributed by atoms with van der Waals surface area (Å²) in [4.78, 5) is 14.4. The van der Waals surface area contributed by atoms with E-state index in [1.165, 1.54) is 0 Å². The molecule has 1 amide bonds. The molecule has 1 atom stereocenters. The van der Waals surface area contributed by atoms with Crippen LogP contribution in [0.25, 0.3) is 11.4 Å². The second-order valence-corrected chi connectivity index (χ2v) is 5.97. The molecule has 3 aromatic rings. The molecular weight excluding hydrogens is 306 g/mol. The van der Waals surface area contributed by atoms with Crippen LogP contribution < -0.4 is 0 Å². The van der Waals surface area contributed by atoms with E-state index in [4.69, 9.17) is 0 Å². The minimum absolute atomic E-state index is 0.0788. The largest absolute Gasteiger partial charge is 0.328 e. The average molecular weight is 323 g/mol. The highest BCUT2D eigenvalue weighted by Crippen LogP contribution is 2.28. The van der Waals surface area contributed by atoms with Gasteiger partial charge in [0, 0.05) is 12.1 Å². The second kappa shape index (κ2) is 5.55. The maximum atomic E-state index is 12.7. The smallest absolute Gasteiger partial charge is 0.276 e. The number of nitrogens with zero attached hydrogens (tertiary/aromatic N) is 6. The number of aromatic nitrogens is 6. The molecule has 8 nitrogen and oxygen atoms in total.